The van der Waals surface area contributed by atoms with Gasteiger partial charge in [-0.1, -0.05) is 54.0 Å². The average molecular weight is 347 g/mol. The molecule has 1 saturated heterocycles. The molecule has 1 aliphatic heterocycles. The molecule has 3 heteroatoms. The fourth-order valence-corrected chi connectivity index (χ4v) is 3.77. The molecule has 0 aromatic heterocycles. The van der Waals surface area contributed by atoms with Crippen molar-refractivity contribution in [1.29, 1.82) is 0 Å². The minimum Gasteiger partial charge on any atom is -0.368 e. The zero-order valence-corrected chi connectivity index (χ0v) is 14.4. The van der Waals surface area contributed by atoms with E-state index >= 15 is 0 Å². The van der Waals surface area contributed by atoms with Gasteiger partial charge < -0.3 is 10.2 Å². The van der Waals surface area contributed by atoms with E-state index in [4.69, 9.17) is 0 Å². The topological polar surface area (TPSA) is 15.3 Å². The molecule has 2 aromatic carbocycles. The van der Waals surface area contributed by atoms with Crippen LogP contribution in [0, 0.1) is 5.92 Å². The molecule has 1 unspecified atom stereocenters. The molecule has 0 spiro atoms. The zero-order chi connectivity index (χ0) is 14.8. The molecule has 0 amide bonds. The van der Waals surface area contributed by atoms with Gasteiger partial charge in [-0.2, -0.15) is 0 Å². The first-order chi connectivity index (χ1) is 10.1. The predicted octanol–water partition coefficient (Wildman–Crippen LogP) is 4.43. The smallest absolute Gasteiger partial charge is 0.0447 e. The van der Waals surface area contributed by atoms with Gasteiger partial charge in [-0.25, -0.2) is 0 Å². The zero-order valence-electron chi connectivity index (χ0n) is 12.8. The molecular weight excluding hydrogens is 324 g/mol. The SMILES string of the molecule is CC(C)CC1CN(c2ccc(Br)c3ccccc23)CCN1. The van der Waals surface area contributed by atoms with Gasteiger partial charge in [0.2, 0.25) is 0 Å². The number of benzene rings is 2. The van der Waals surface area contributed by atoms with E-state index in [0.29, 0.717) is 6.04 Å². The van der Waals surface area contributed by atoms with Crippen LogP contribution in [0.15, 0.2) is 40.9 Å². The maximum Gasteiger partial charge on any atom is 0.0447 e. The summed E-state index contributed by atoms with van der Waals surface area (Å²) < 4.78 is 1.18. The van der Waals surface area contributed by atoms with Crippen molar-refractivity contribution in [2.45, 2.75) is 26.3 Å². The summed E-state index contributed by atoms with van der Waals surface area (Å²) >= 11 is 3.67. The summed E-state index contributed by atoms with van der Waals surface area (Å²) in [5, 5.41) is 6.30. The molecule has 21 heavy (non-hydrogen) atoms. The lowest BCUT2D eigenvalue weighted by Crippen LogP contribution is -2.51. The summed E-state index contributed by atoms with van der Waals surface area (Å²) in [6.07, 6.45) is 1.24. The van der Waals surface area contributed by atoms with Crippen LogP contribution in [0.4, 0.5) is 5.69 Å². The minimum absolute atomic E-state index is 0.598. The molecule has 112 valence electrons. The third-order valence-electron chi connectivity index (χ3n) is 4.20. The van der Waals surface area contributed by atoms with E-state index in [1.165, 1.54) is 27.4 Å². The van der Waals surface area contributed by atoms with Crippen LogP contribution in [0.1, 0.15) is 20.3 Å². The van der Waals surface area contributed by atoms with Crippen LogP contribution in [0.25, 0.3) is 10.8 Å². The van der Waals surface area contributed by atoms with Crippen molar-refractivity contribution in [1.82, 2.24) is 5.32 Å². The second-order valence-electron chi connectivity index (χ2n) is 6.34. The molecule has 0 aliphatic carbocycles. The predicted molar refractivity (Wildman–Crippen MR) is 95.1 cm³/mol. The third-order valence-corrected chi connectivity index (χ3v) is 4.89. The number of piperazine rings is 1. The van der Waals surface area contributed by atoms with Gasteiger partial charge in [-0.05, 0) is 29.9 Å². The summed E-state index contributed by atoms with van der Waals surface area (Å²) in [5.41, 5.74) is 1.36. The van der Waals surface area contributed by atoms with Gasteiger partial charge in [0.15, 0.2) is 0 Å². The van der Waals surface area contributed by atoms with E-state index in [9.17, 15) is 0 Å². The van der Waals surface area contributed by atoms with Crippen LogP contribution in [-0.4, -0.2) is 25.7 Å². The summed E-state index contributed by atoms with van der Waals surface area (Å²) in [5.74, 6) is 0.740. The Hall–Kier alpha value is -1.06. The Morgan fingerprint density at radius 2 is 1.95 bits per heavy atom. The highest BCUT2D eigenvalue weighted by Crippen LogP contribution is 2.32. The highest BCUT2D eigenvalue weighted by molar-refractivity contribution is 9.10. The molecule has 1 aliphatic rings. The highest BCUT2D eigenvalue weighted by Gasteiger charge is 2.21. The van der Waals surface area contributed by atoms with Crippen LogP contribution in [-0.2, 0) is 0 Å². The fourth-order valence-electron chi connectivity index (χ4n) is 3.29. The summed E-state index contributed by atoms with van der Waals surface area (Å²) in [7, 11) is 0. The molecule has 3 rings (SSSR count). The minimum atomic E-state index is 0.598. The molecular formula is C18H23BrN2. The quantitative estimate of drug-likeness (QED) is 0.884. The first-order valence-electron chi connectivity index (χ1n) is 7.80. The standard InChI is InChI=1S/C18H23BrN2/c1-13(2)11-14-12-21(10-9-20-14)18-8-7-17(19)15-5-3-4-6-16(15)18/h3-8,13-14,20H,9-12H2,1-2H3. The Morgan fingerprint density at radius 1 is 1.19 bits per heavy atom. The van der Waals surface area contributed by atoms with Crippen LogP contribution in [0.2, 0.25) is 0 Å². The number of fused-ring (bicyclic) bond motifs is 1. The van der Waals surface area contributed by atoms with E-state index in [2.05, 4.69) is 76.4 Å². The summed E-state index contributed by atoms with van der Waals surface area (Å²) in [6.45, 7) is 7.86. The molecule has 0 saturated carbocycles. The van der Waals surface area contributed by atoms with E-state index in [-0.39, 0.29) is 0 Å². The first kappa shape index (κ1) is 14.9. The van der Waals surface area contributed by atoms with Gasteiger partial charge in [-0.3, -0.25) is 0 Å². The van der Waals surface area contributed by atoms with Crippen molar-refractivity contribution in [2.75, 3.05) is 24.5 Å². The fraction of sp³-hybridized carbons (Fsp3) is 0.444. The normalized spacial score (nSPS) is 19.4. The van der Waals surface area contributed by atoms with Gasteiger partial charge >= 0.3 is 0 Å². The maximum absolute atomic E-state index is 3.67. The number of halogens is 1. The third kappa shape index (κ3) is 3.24. The molecule has 1 fully saturated rings. The van der Waals surface area contributed by atoms with Gasteiger partial charge in [0.05, 0.1) is 0 Å². The highest BCUT2D eigenvalue weighted by atomic mass is 79.9. The lowest BCUT2D eigenvalue weighted by atomic mass is 10.0. The first-order valence-corrected chi connectivity index (χ1v) is 8.60. The van der Waals surface area contributed by atoms with Crippen LogP contribution in [0.3, 0.4) is 0 Å². The average Bonchev–Trinajstić information content (AvgIpc) is 2.47. The molecule has 1 heterocycles. The number of hydrogen-bond acceptors (Lipinski definition) is 2. The number of nitrogens with zero attached hydrogens (tertiary/aromatic N) is 1. The Labute approximate surface area is 135 Å². The second kappa shape index (κ2) is 6.37. The number of anilines is 1. The Balaban J connectivity index is 1.91. The monoisotopic (exact) mass is 346 g/mol. The van der Waals surface area contributed by atoms with E-state index in [0.717, 1.165) is 25.6 Å². The molecule has 2 nitrogen and oxygen atoms in total. The van der Waals surface area contributed by atoms with Crippen molar-refractivity contribution in [3.63, 3.8) is 0 Å². The van der Waals surface area contributed by atoms with Gasteiger partial charge in [-0.15, -0.1) is 0 Å². The lowest BCUT2D eigenvalue weighted by molar-refractivity contribution is 0.388. The Bertz CT molecular complexity index is 624. The largest absolute Gasteiger partial charge is 0.368 e. The molecule has 2 aromatic rings. The van der Waals surface area contributed by atoms with Gasteiger partial charge in [0, 0.05) is 41.2 Å². The van der Waals surface area contributed by atoms with Gasteiger partial charge in [0.25, 0.3) is 0 Å². The van der Waals surface area contributed by atoms with Gasteiger partial charge in [0.1, 0.15) is 0 Å². The van der Waals surface area contributed by atoms with E-state index in [1.54, 1.807) is 0 Å². The van der Waals surface area contributed by atoms with Crippen LogP contribution >= 0.6 is 15.9 Å². The van der Waals surface area contributed by atoms with Crippen molar-refractivity contribution in [3.8, 4) is 0 Å². The second-order valence-corrected chi connectivity index (χ2v) is 7.19. The summed E-state index contributed by atoms with van der Waals surface area (Å²) in [6, 6.07) is 13.7. The van der Waals surface area contributed by atoms with Crippen molar-refractivity contribution >= 4 is 32.4 Å². The summed E-state index contributed by atoms with van der Waals surface area (Å²) in [4.78, 5) is 2.54. The van der Waals surface area contributed by atoms with E-state index in [1.807, 2.05) is 0 Å². The van der Waals surface area contributed by atoms with Crippen LogP contribution < -0.4 is 10.2 Å². The van der Waals surface area contributed by atoms with Crippen molar-refractivity contribution < 1.29 is 0 Å². The number of nitrogens with one attached hydrogen (secondary N) is 1. The lowest BCUT2D eigenvalue weighted by Gasteiger charge is -2.36. The Kier molecular flexibility index (Phi) is 4.51. The van der Waals surface area contributed by atoms with Crippen LogP contribution in [0.5, 0.6) is 0 Å². The molecule has 1 atom stereocenters. The van der Waals surface area contributed by atoms with Crippen molar-refractivity contribution in [2.24, 2.45) is 5.92 Å². The number of hydrogen-bond donors (Lipinski definition) is 1. The molecule has 0 bridgehead atoms. The molecule has 0 radical (unpaired) electrons. The molecule has 1 N–H and O–H groups in total. The Morgan fingerprint density at radius 3 is 2.71 bits per heavy atom. The maximum atomic E-state index is 3.67. The number of rotatable bonds is 3. The van der Waals surface area contributed by atoms with Crippen molar-refractivity contribution in [3.05, 3.63) is 40.9 Å². The van der Waals surface area contributed by atoms with E-state index < -0.39 is 0 Å².